The van der Waals surface area contributed by atoms with Crippen LogP contribution in [-0.4, -0.2) is 115 Å². The molecule has 4 unspecified atom stereocenters. The SMILES string of the molecule is Cc1noc(C)c1-c1cnc2c(-c3cc(C(C)(F)F)[nH]n3)cn(C(C)c3ccccc3)c2c1.Cc1noc(C)c1-c1cnc2c(-c3cnn(C)c3)cn(C(C)c3ccccn3)c2c1.Cc1noc(C)c1-c1cnc2c(-c3cnn(C4CC4)c3)cn(C(C)c3ccccc3)c2c1.[2H]C([2H])(O)C(c1ccccc1)n1cc(-c2cnn(C)c2)c2ncc(-c3c(C)noc3C)cc21. The molecule has 0 amide bonds. The summed E-state index contributed by atoms with van der Waals surface area (Å²) < 4.78 is 79.7. The lowest BCUT2D eigenvalue weighted by Crippen LogP contribution is -2.13. The van der Waals surface area contributed by atoms with Crippen LogP contribution < -0.4 is 0 Å². The van der Waals surface area contributed by atoms with Crippen LogP contribution in [0.5, 0.6) is 0 Å². The Morgan fingerprint density at radius 1 is 0.429 bits per heavy atom. The van der Waals surface area contributed by atoms with Gasteiger partial charge >= 0.3 is 0 Å². The molecule has 4 atom stereocenters. The van der Waals surface area contributed by atoms with Gasteiger partial charge in [-0.15, -0.1) is 0 Å². The van der Waals surface area contributed by atoms with Gasteiger partial charge in [0, 0.05) is 179 Å². The number of alkyl halides is 2. The Hall–Kier alpha value is -14.9. The molecule has 126 heavy (non-hydrogen) atoms. The van der Waals surface area contributed by atoms with Gasteiger partial charge in [-0.2, -0.15) is 29.2 Å². The number of benzene rings is 3. The number of H-pyrrole nitrogens is 1. The number of pyridine rings is 5. The maximum atomic E-state index is 13.8. The minimum absolute atomic E-state index is 0.0183. The van der Waals surface area contributed by atoms with Crippen LogP contribution in [0.15, 0.2) is 251 Å². The van der Waals surface area contributed by atoms with Gasteiger partial charge in [0.15, 0.2) is 0 Å². The van der Waals surface area contributed by atoms with Crippen molar-refractivity contribution in [3.8, 4) is 89.1 Å². The summed E-state index contributed by atoms with van der Waals surface area (Å²) in [5.74, 6) is -0.0208. The third kappa shape index (κ3) is 15.8. The van der Waals surface area contributed by atoms with Crippen LogP contribution >= 0.6 is 0 Å². The smallest absolute Gasteiger partial charge is 0.286 e. The minimum atomic E-state index is -3.01. The normalized spacial score (nSPS) is 13.6. The molecule has 1 fully saturated rings. The standard InChI is InChI=1S/C26H25N5O.C25H23F2N5O.C24H23N5O2.C23H22N6O/c1-16-25(18(3)32-29-16)20-11-24-26(27-12-20)23(21-13-28-31(14-21)22-9-10-22)15-30(24)17(2)19-7-5-4-6-8-19;1-14-23(16(3)33-31-14)18-10-21-24(28-12-18)19(20-11-22(30-29-20)25(4,26)27)13-32(21)15(2)17-8-6-5-7-9-17;1-15-23(16(2)31-27-15)18-9-21-24(25-10-18)20(19-11-26-28(3)12-19)13-29(21)22(14-30)17-7-5-4-6-8-17;1-14-22(16(3)30-27-14)17-9-21-23(25-10-17)19(18-11-26-28(4)12-18)13-29(21)15(2)20-7-5-6-8-24-20/h4-8,11-15,17,22H,9-10H2,1-3H3;5-13,15H,1-4H3,(H,29,30);4-13,22,30H,14H2,1-3H3;5-13,15H,1-4H3/i;;14D2;. The van der Waals surface area contributed by atoms with E-state index in [9.17, 15) is 13.9 Å². The molecule has 0 spiro atoms. The van der Waals surface area contributed by atoms with Crippen molar-refractivity contribution in [3.63, 3.8) is 0 Å². The topological polar surface area (TPSA) is 291 Å². The fraction of sp³-hybridized carbons (Fsp3) is 0.235. The summed E-state index contributed by atoms with van der Waals surface area (Å²) in [6.07, 6.45) is 31.4. The number of nitrogens with one attached hydrogen (secondary N) is 1. The number of aromatic nitrogens is 21. The predicted molar refractivity (Wildman–Crippen MR) is 480 cm³/mol. The summed E-state index contributed by atoms with van der Waals surface area (Å²) in [4.78, 5) is 23.8. The zero-order chi connectivity index (χ0) is 89.3. The molecule has 0 radical (unpaired) electrons. The van der Waals surface area contributed by atoms with Crippen molar-refractivity contribution in [2.24, 2.45) is 14.1 Å². The Morgan fingerprint density at radius 3 is 1.15 bits per heavy atom. The third-order valence-electron chi connectivity index (χ3n) is 23.6. The van der Waals surface area contributed by atoms with E-state index in [0.29, 0.717) is 50.9 Å². The van der Waals surface area contributed by atoms with Crippen molar-refractivity contribution in [2.75, 3.05) is 6.56 Å². The second-order valence-corrected chi connectivity index (χ2v) is 32.3. The highest BCUT2D eigenvalue weighted by Crippen LogP contribution is 2.44. The summed E-state index contributed by atoms with van der Waals surface area (Å²) in [5.41, 5.74) is 28.5. The van der Waals surface area contributed by atoms with Gasteiger partial charge in [-0.05, 0) is 148 Å². The van der Waals surface area contributed by atoms with E-state index in [-0.39, 0.29) is 23.8 Å². The van der Waals surface area contributed by atoms with Crippen molar-refractivity contribution in [3.05, 3.63) is 306 Å². The number of halogens is 2. The number of aromatic amines is 1. The summed E-state index contributed by atoms with van der Waals surface area (Å²) in [5, 5.41) is 46.8. The van der Waals surface area contributed by atoms with Gasteiger partial charge in [-0.3, -0.25) is 44.1 Å². The first kappa shape index (κ1) is 79.5. The van der Waals surface area contributed by atoms with E-state index < -0.39 is 18.5 Å². The lowest BCUT2D eigenvalue weighted by atomic mass is 10.0. The quantitative estimate of drug-likeness (QED) is 0.0760. The van der Waals surface area contributed by atoms with E-state index in [4.69, 9.17) is 40.8 Å². The highest BCUT2D eigenvalue weighted by Gasteiger charge is 2.32. The molecule has 0 saturated heterocycles. The van der Waals surface area contributed by atoms with Gasteiger partial charge in [0.2, 0.25) is 0 Å². The number of aliphatic hydroxyl groups is 1. The molecule has 634 valence electrons. The third-order valence-corrected chi connectivity index (χ3v) is 23.6. The summed E-state index contributed by atoms with van der Waals surface area (Å²) in [6.45, 7) is 20.1. The molecule has 1 aliphatic rings. The number of fused-ring (bicyclic) bond motifs is 4. The number of aryl methyl sites for hydroxylation is 10. The minimum Gasteiger partial charge on any atom is -0.394 e. The average Bonchev–Trinajstić information content (AvgIpc) is 1.62. The Bertz CT molecular complexity index is 7330. The highest BCUT2D eigenvalue weighted by molar-refractivity contribution is 5.99. The lowest BCUT2D eigenvalue weighted by molar-refractivity contribution is 0.0127. The number of hydrogen-bond acceptors (Lipinski definition) is 18. The molecule has 1 aliphatic carbocycles. The summed E-state index contributed by atoms with van der Waals surface area (Å²) >= 11 is 0. The summed E-state index contributed by atoms with van der Waals surface area (Å²) in [6, 6.07) is 45.3. The Balaban J connectivity index is 0.000000115. The van der Waals surface area contributed by atoms with E-state index in [1.807, 2.05) is 192 Å². The molecule has 1 saturated carbocycles. The monoisotopic (exact) mass is 1680 g/mol. The number of rotatable bonds is 19. The highest BCUT2D eigenvalue weighted by atomic mass is 19.3. The zero-order valence-corrected chi connectivity index (χ0v) is 72.0. The Labute approximate surface area is 726 Å². The first-order valence-corrected chi connectivity index (χ1v) is 41.6. The first-order chi connectivity index (χ1) is 61.6. The maximum absolute atomic E-state index is 13.8. The molecule has 0 bridgehead atoms. The fourth-order valence-electron chi connectivity index (χ4n) is 16.9. The number of nitrogens with zero attached hydrogens (tertiary/aromatic N) is 20. The van der Waals surface area contributed by atoms with Crippen molar-refractivity contribution >= 4 is 44.1 Å². The molecule has 3 aromatic carbocycles. The number of hydrogen-bond donors (Lipinski definition) is 2. The zero-order valence-electron chi connectivity index (χ0n) is 74.0. The van der Waals surface area contributed by atoms with Crippen LogP contribution in [0.4, 0.5) is 8.78 Å². The summed E-state index contributed by atoms with van der Waals surface area (Å²) in [7, 11) is 3.76. The Morgan fingerprint density at radius 2 is 0.794 bits per heavy atom. The van der Waals surface area contributed by atoms with Crippen molar-refractivity contribution in [2.45, 2.75) is 132 Å². The Kier molecular flexibility index (Phi) is 21.3. The second kappa shape index (κ2) is 33.7. The van der Waals surface area contributed by atoms with E-state index in [0.717, 1.165) is 158 Å². The maximum Gasteiger partial charge on any atom is 0.286 e. The van der Waals surface area contributed by atoms with Gasteiger partial charge < -0.3 is 41.5 Å². The van der Waals surface area contributed by atoms with Crippen LogP contribution in [0.1, 0.15) is 147 Å². The van der Waals surface area contributed by atoms with Crippen LogP contribution in [0.25, 0.3) is 133 Å². The molecule has 17 heterocycles. The second-order valence-electron chi connectivity index (χ2n) is 32.3. The molecule has 26 nitrogen and oxygen atoms in total. The molecule has 2 N–H and O–H groups in total. The molecule has 28 heteroatoms. The molecule has 20 aromatic rings. The van der Waals surface area contributed by atoms with Crippen molar-refractivity contribution in [1.82, 2.24) is 103 Å². The van der Waals surface area contributed by atoms with Gasteiger partial charge in [0.05, 0.1) is 136 Å². The molecule has 0 aliphatic heterocycles. The van der Waals surface area contributed by atoms with Gasteiger partial charge in [0.25, 0.3) is 5.92 Å². The average molecular weight is 1680 g/mol. The lowest BCUT2D eigenvalue weighted by Gasteiger charge is -2.18. The van der Waals surface area contributed by atoms with Gasteiger partial charge in [0.1, 0.15) is 28.7 Å². The van der Waals surface area contributed by atoms with Crippen LogP contribution in [0.3, 0.4) is 0 Å². The molecular formula is C98H93F2N21O5. The molecular weight excluding hydrogens is 1590 g/mol. The molecule has 17 aromatic heterocycles. The van der Waals surface area contributed by atoms with Gasteiger partial charge in [-0.1, -0.05) is 118 Å². The molecule has 21 rings (SSSR count). The first-order valence-electron chi connectivity index (χ1n) is 42.6. The van der Waals surface area contributed by atoms with E-state index in [1.165, 1.54) is 24.5 Å². The predicted octanol–water partition coefficient (Wildman–Crippen LogP) is 21.5. The largest absolute Gasteiger partial charge is 0.394 e. The van der Waals surface area contributed by atoms with E-state index in [1.54, 1.807) is 44.7 Å². The fourth-order valence-corrected chi connectivity index (χ4v) is 16.9. The van der Waals surface area contributed by atoms with Crippen LogP contribution in [0, 0.1) is 55.4 Å². The van der Waals surface area contributed by atoms with Crippen molar-refractivity contribution in [1.29, 1.82) is 0 Å². The van der Waals surface area contributed by atoms with E-state index >= 15 is 0 Å². The van der Waals surface area contributed by atoms with Gasteiger partial charge in [-0.25, -0.2) is 0 Å². The van der Waals surface area contributed by atoms with Crippen LogP contribution in [-0.2, 0) is 20.0 Å². The van der Waals surface area contributed by atoms with Crippen molar-refractivity contribution < 1.29 is 34.7 Å². The van der Waals surface area contributed by atoms with E-state index in [2.05, 4.69) is 163 Å². The van der Waals surface area contributed by atoms with Crippen LogP contribution in [0.2, 0.25) is 0 Å².